The lowest BCUT2D eigenvalue weighted by Crippen LogP contribution is -2.41. The van der Waals surface area contributed by atoms with Crippen LogP contribution >= 0.6 is 15.9 Å². The first kappa shape index (κ1) is 37.8. The maximum Gasteiger partial charge on any atom is 0.321 e. The zero-order valence-corrected chi connectivity index (χ0v) is 29.7. The largest absolute Gasteiger partial charge is 0.339 e. The number of hydrogen-bond donors (Lipinski definition) is 5. The van der Waals surface area contributed by atoms with Crippen molar-refractivity contribution in [3.05, 3.63) is 76.3 Å². The van der Waals surface area contributed by atoms with Gasteiger partial charge >= 0.3 is 6.03 Å². The number of aryl methyl sites for hydroxylation is 1. The van der Waals surface area contributed by atoms with Crippen LogP contribution in [0.4, 0.5) is 10.5 Å². The van der Waals surface area contributed by atoms with Gasteiger partial charge in [0.1, 0.15) is 0 Å². The topological polar surface area (TPSA) is 151 Å². The smallest absolute Gasteiger partial charge is 0.321 e. The van der Waals surface area contributed by atoms with Crippen LogP contribution in [-0.4, -0.2) is 70.1 Å². The Kier molecular flexibility index (Phi) is 14.9. The number of urea groups is 1. The number of anilines is 1. The van der Waals surface area contributed by atoms with Crippen LogP contribution < -0.4 is 16.3 Å². The van der Waals surface area contributed by atoms with Crippen LogP contribution in [0.25, 0.3) is 10.8 Å². The molecule has 3 aromatic rings. The Morgan fingerprint density at radius 3 is 1.82 bits per heavy atom. The summed E-state index contributed by atoms with van der Waals surface area (Å²) in [6.45, 7) is 4.99. The van der Waals surface area contributed by atoms with Crippen molar-refractivity contribution in [3.8, 4) is 0 Å². The molecule has 2 saturated heterocycles. The number of nitrogens with zero attached hydrogens (tertiary/aromatic N) is 2. The Hall–Kier alpha value is -4.00. The maximum atomic E-state index is 13.1. The van der Waals surface area contributed by atoms with E-state index >= 15 is 0 Å². The summed E-state index contributed by atoms with van der Waals surface area (Å²) in [6, 6.07) is 19.6. The summed E-state index contributed by atoms with van der Waals surface area (Å²) in [4.78, 5) is 51.2. The van der Waals surface area contributed by atoms with Gasteiger partial charge in [-0.25, -0.2) is 15.8 Å². The van der Waals surface area contributed by atoms with E-state index in [1.54, 1.807) is 11.0 Å². The van der Waals surface area contributed by atoms with Crippen LogP contribution in [0.3, 0.4) is 0 Å². The van der Waals surface area contributed by atoms with Gasteiger partial charge in [-0.1, -0.05) is 52.3 Å². The summed E-state index contributed by atoms with van der Waals surface area (Å²) in [7, 11) is 0. The summed E-state index contributed by atoms with van der Waals surface area (Å²) in [6.07, 6.45) is 8.00. The number of rotatable bonds is 10. The van der Waals surface area contributed by atoms with E-state index in [-0.39, 0.29) is 23.8 Å². The van der Waals surface area contributed by atoms with Crippen molar-refractivity contribution in [2.24, 2.45) is 11.8 Å². The van der Waals surface area contributed by atoms with E-state index < -0.39 is 0 Å². The third-order valence-corrected chi connectivity index (χ3v) is 10.1. The Balaban J connectivity index is 0.000000223. The number of fused-ring (bicyclic) bond motifs is 1. The molecule has 0 aliphatic carbocycles. The van der Waals surface area contributed by atoms with E-state index in [0.29, 0.717) is 24.7 Å². The predicted octanol–water partition coefficient (Wildman–Crippen LogP) is 7.04. The van der Waals surface area contributed by atoms with Crippen molar-refractivity contribution in [1.82, 2.24) is 20.8 Å². The minimum Gasteiger partial charge on any atom is -0.339 e. The molecule has 0 unspecified atom stereocenters. The van der Waals surface area contributed by atoms with Gasteiger partial charge in [0, 0.05) is 49.2 Å². The SMILES string of the molecule is Cc1ccc2ccccc2c1C(=O)N1CCC(CCCC(=O)NO)CC1.O=C(CCCC1CCN(C(=O)Nc2ccc(Br)cc2)CC1)NO. The number of hydrogen-bond acceptors (Lipinski definition) is 6. The lowest BCUT2D eigenvalue weighted by atomic mass is 9.90. The summed E-state index contributed by atoms with van der Waals surface area (Å²) in [5.41, 5.74) is 5.95. The molecule has 49 heavy (non-hydrogen) atoms. The number of piperidine rings is 2. The molecule has 0 bridgehead atoms. The van der Waals surface area contributed by atoms with Crippen molar-refractivity contribution >= 4 is 56.1 Å². The highest BCUT2D eigenvalue weighted by molar-refractivity contribution is 9.10. The van der Waals surface area contributed by atoms with Gasteiger partial charge in [0.2, 0.25) is 11.8 Å². The second-order valence-electron chi connectivity index (χ2n) is 12.9. The van der Waals surface area contributed by atoms with Gasteiger partial charge < -0.3 is 15.1 Å². The van der Waals surface area contributed by atoms with Crippen molar-refractivity contribution in [1.29, 1.82) is 0 Å². The van der Waals surface area contributed by atoms with Crippen LogP contribution in [0, 0.1) is 18.8 Å². The first-order valence-corrected chi connectivity index (χ1v) is 17.9. The summed E-state index contributed by atoms with van der Waals surface area (Å²) in [5, 5.41) is 22.0. The average molecular weight is 739 g/mol. The number of halogens is 1. The standard InChI is InChI=1S/C21H26N2O3.C16H22BrN3O3/c1-15-9-10-17-6-2-3-7-18(17)20(15)21(25)23-13-11-16(12-14-23)5-4-8-19(24)22-26;17-13-4-6-14(7-5-13)18-16(22)20-10-8-12(9-11-20)2-1-3-15(21)19-23/h2-3,6-7,9-10,16,26H,4-5,8,11-14H2,1H3,(H,22,24);4-7,12,23H,1-3,8-11H2,(H,18,22)(H,19,21). The van der Waals surface area contributed by atoms with Crippen molar-refractivity contribution in [2.45, 2.75) is 71.1 Å². The molecule has 0 spiro atoms. The molecule has 0 aromatic heterocycles. The number of hydroxylamine groups is 2. The molecule has 12 heteroatoms. The van der Waals surface area contributed by atoms with Crippen LogP contribution in [0.5, 0.6) is 0 Å². The van der Waals surface area contributed by atoms with Gasteiger partial charge in [0.15, 0.2) is 0 Å². The third-order valence-electron chi connectivity index (χ3n) is 9.53. The van der Waals surface area contributed by atoms with Gasteiger partial charge in [-0.2, -0.15) is 0 Å². The number of amides is 5. The summed E-state index contributed by atoms with van der Waals surface area (Å²) in [5.74, 6) is 0.537. The molecule has 2 aliphatic rings. The number of benzene rings is 3. The van der Waals surface area contributed by atoms with Crippen LogP contribution in [-0.2, 0) is 9.59 Å². The minimum absolute atomic E-state index is 0.0644. The third kappa shape index (κ3) is 11.5. The van der Waals surface area contributed by atoms with E-state index in [1.807, 2.05) is 71.3 Å². The molecule has 5 N–H and O–H groups in total. The maximum absolute atomic E-state index is 13.1. The van der Waals surface area contributed by atoms with E-state index in [2.05, 4.69) is 27.3 Å². The molecular formula is C37H48BrN5O6. The van der Waals surface area contributed by atoms with Crippen molar-refractivity contribution in [3.63, 3.8) is 0 Å². The molecule has 11 nitrogen and oxygen atoms in total. The highest BCUT2D eigenvalue weighted by Gasteiger charge is 2.26. The van der Waals surface area contributed by atoms with Gasteiger partial charge in [-0.15, -0.1) is 0 Å². The fourth-order valence-corrected chi connectivity index (χ4v) is 6.89. The van der Waals surface area contributed by atoms with E-state index in [9.17, 15) is 19.2 Å². The molecule has 0 radical (unpaired) electrons. The van der Waals surface area contributed by atoms with Gasteiger partial charge in [-0.05, 0) is 111 Å². The van der Waals surface area contributed by atoms with E-state index in [1.165, 1.54) is 0 Å². The quantitative estimate of drug-likeness (QED) is 0.111. The highest BCUT2D eigenvalue weighted by atomic mass is 79.9. The van der Waals surface area contributed by atoms with Crippen LogP contribution in [0.15, 0.2) is 65.1 Å². The molecule has 5 rings (SSSR count). The Labute approximate surface area is 296 Å². The summed E-state index contributed by atoms with van der Waals surface area (Å²) < 4.78 is 0.978. The van der Waals surface area contributed by atoms with Gasteiger partial charge in [-0.3, -0.25) is 24.8 Å². The second-order valence-corrected chi connectivity index (χ2v) is 13.9. The van der Waals surface area contributed by atoms with E-state index in [0.717, 1.165) is 110 Å². The first-order chi connectivity index (χ1) is 23.7. The Morgan fingerprint density at radius 2 is 1.27 bits per heavy atom. The van der Waals surface area contributed by atoms with E-state index in [4.69, 9.17) is 10.4 Å². The molecule has 5 amide bonds. The first-order valence-electron chi connectivity index (χ1n) is 17.1. The van der Waals surface area contributed by atoms with Crippen molar-refractivity contribution < 1.29 is 29.6 Å². The zero-order chi connectivity index (χ0) is 35.2. The number of carbonyl (C=O) groups excluding carboxylic acids is 4. The molecular weight excluding hydrogens is 690 g/mol. The Morgan fingerprint density at radius 1 is 0.735 bits per heavy atom. The molecule has 0 saturated carbocycles. The van der Waals surface area contributed by atoms with Crippen LogP contribution in [0.1, 0.15) is 80.1 Å². The number of nitrogens with one attached hydrogen (secondary N) is 3. The molecule has 0 atom stereocenters. The molecule has 2 aliphatic heterocycles. The highest BCUT2D eigenvalue weighted by Crippen LogP contribution is 2.28. The summed E-state index contributed by atoms with van der Waals surface area (Å²) >= 11 is 3.37. The lowest BCUT2D eigenvalue weighted by molar-refractivity contribution is -0.130. The fourth-order valence-electron chi connectivity index (χ4n) is 6.62. The number of likely N-dealkylation sites (tertiary alicyclic amines) is 2. The predicted molar refractivity (Wildman–Crippen MR) is 192 cm³/mol. The monoisotopic (exact) mass is 737 g/mol. The zero-order valence-electron chi connectivity index (χ0n) is 28.1. The van der Waals surface area contributed by atoms with Gasteiger partial charge in [0.25, 0.3) is 5.91 Å². The average Bonchev–Trinajstić information content (AvgIpc) is 3.13. The second kappa shape index (κ2) is 19.3. The molecule has 2 heterocycles. The van der Waals surface area contributed by atoms with Gasteiger partial charge in [0.05, 0.1) is 5.56 Å². The Bertz CT molecular complexity index is 1550. The van der Waals surface area contributed by atoms with Crippen LogP contribution in [0.2, 0.25) is 0 Å². The molecule has 264 valence electrons. The number of carbonyl (C=O) groups is 4. The minimum atomic E-state index is -0.337. The fraction of sp³-hybridized carbons (Fsp3) is 0.459. The van der Waals surface area contributed by atoms with Crippen molar-refractivity contribution in [2.75, 3.05) is 31.5 Å². The normalized spacial score (nSPS) is 15.3. The molecule has 3 aromatic carbocycles. The molecule has 2 fully saturated rings. The lowest BCUT2D eigenvalue weighted by Gasteiger charge is -2.32.